The van der Waals surface area contributed by atoms with E-state index in [1.807, 2.05) is 152 Å². The van der Waals surface area contributed by atoms with Gasteiger partial charge < -0.3 is 15.2 Å². The lowest BCUT2D eigenvalue weighted by molar-refractivity contribution is 0.0760. The number of aliphatic hydroxyl groups is 2. The summed E-state index contributed by atoms with van der Waals surface area (Å²) in [6, 6.07) is 75.3. The smallest absolute Gasteiger partial charge is 0.142 e. The highest BCUT2D eigenvalue weighted by Crippen LogP contribution is 2.60. The van der Waals surface area contributed by atoms with Crippen LogP contribution in [0.25, 0.3) is 66.9 Å². The number of rotatable bonds is 7. The van der Waals surface area contributed by atoms with E-state index in [0.717, 1.165) is 61.1 Å². The molecule has 0 amide bonds. The number of benzene rings is 9. The molecule has 9 aromatic carbocycles. The summed E-state index contributed by atoms with van der Waals surface area (Å²) in [7, 11) is 0. The molecule has 1 aromatic heterocycles. The van der Waals surface area contributed by atoms with Gasteiger partial charge in [-0.3, -0.25) is 0 Å². The Bertz CT molecular complexity index is 3130. The second kappa shape index (κ2) is 14.6. The van der Waals surface area contributed by atoms with Gasteiger partial charge in [-0.15, -0.1) is 0 Å². The minimum absolute atomic E-state index is 0.570. The van der Waals surface area contributed by atoms with Crippen LogP contribution in [0, 0.1) is 0 Å². The molecule has 0 aliphatic heterocycles. The van der Waals surface area contributed by atoms with E-state index in [0.29, 0.717) is 39.2 Å². The fourth-order valence-corrected chi connectivity index (χ4v) is 9.63. The fraction of sp³-hybridized carbons (Fsp3) is 0.0351. The van der Waals surface area contributed by atoms with Gasteiger partial charge in [0.25, 0.3) is 0 Å². The summed E-state index contributed by atoms with van der Waals surface area (Å²) in [5.74, 6) is 0.650. The minimum atomic E-state index is -1.77. The zero-order valence-corrected chi connectivity index (χ0v) is 33.2. The Kier molecular flexibility index (Phi) is 8.71. The van der Waals surface area contributed by atoms with Gasteiger partial charge in [-0.1, -0.05) is 218 Å². The van der Waals surface area contributed by atoms with Crippen molar-refractivity contribution in [3.8, 4) is 56.2 Å². The topological polar surface area (TPSA) is 69.1 Å². The normalized spacial score (nSPS) is 16.8. The molecule has 0 bridgehead atoms. The van der Waals surface area contributed by atoms with E-state index in [2.05, 4.69) is 77.8 Å². The Morgan fingerprint density at radius 1 is 0.361 bits per heavy atom. The van der Waals surface area contributed by atoms with E-state index >= 15 is 0 Å². The molecule has 4 nitrogen and oxygen atoms in total. The Morgan fingerprint density at radius 2 is 0.754 bits per heavy atom. The van der Waals surface area contributed by atoms with Crippen LogP contribution in [0.1, 0.15) is 33.4 Å². The van der Waals surface area contributed by atoms with E-state index < -0.39 is 11.2 Å². The molecule has 0 saturated carbocycles. The number of nitrogens with zero attached hydrogens (tertiary/aromatic N) is 1. The minimum Gasteiger partial charge on any atom is -0.376 e. The van der Waals surface area contributed by atoms with Crippen molar-refractivity contribution < 1.29 is 10.2 Å². The van der Waals surface area contributed by atoms with Gasteiger partial charge in [-0.05, 0) is 55.8 Å². The number of hydrogen-bond acceptors (Lipinski definition) is 3. The second-order valence-electron chi connectivity index (χ2n) is 15.7. The lowest BCUT2D eigenvalue weighted by Crippen LogP contribution is -2.45. The molecule has 11 rings (SSSR count). The molecular weight excluding hydrogens is 745 g/mol. The quantitative estimate of drug-likeness (QED) is 0.151. The van der Waals surface area contributed by atoms with Crippen LogP contribution < -0.4 is 0 Å². The van der Waals surface area contributed by atoms with Gasteiger partial charge >= 0.3 is 0 Å². The van der Waals surface area contributed by atoms with E-state index in [1.165, 1.54) is 0 Å². The number of fused-ring (bicyclic) bond motifs is 3. The van der Waals surface area contributed by atoms with E-state index in [-0.39, 0.29) is 0 Å². The highest BCUT2D eigenvalue weighted by Gasteiger charge is 2.54. The Labute approximate surface area is 354 Å². The van der Waals surface area contributed by atoms with Crippen molar-refractivity contribution in [1.82, 2.24) is 9.97 Å². The average molecular weight is 785 g/mol. The second-order valence-corrected chi connectivity index (χ2v) is 15.7. The number of nitrogens with one attached hydrogen (secondary N) is 1. The van der Waals surface area contributed by atoms with E-state index in [4.69, 9.17) is 4.98 Å². The van der Waals surface area contributed by atoms with E-state index in [9.17, 15) is 10.2 Å². The van der Waals surface area contributed by atoms with Crippen molar-refractivity contribution in [1.29, 1.82) is 0 Å². The molecule has 290 valence electrons. The molecule has 0 radical (unpaired) electrons. The predicted molar refractivity (Wildman–Crippen MR) is 247 cm³/mol. The molecule has 61 heavy (non-hydrogen) atoms. The highest BCUT2D eigenvalue weighted by atomic mass is 16.3. The fourth-order valence-electron chi connectivity index (χ4n) is 9.63. The number of imidazole rings is 1. The molecule has 1 heterocycles. The van der Waals surface area contributed by atoms with Crippen LogP contribution in [0.4, 0.5) is 0 Å². The van der Waals surface area contributed by atoms with Crippen LogP contribution in [0.3, 0.4) is 0 Å². The lowest BCUT2D eigenvalue weighted by Gasteiger charge is -2.48. The first-order valence-electron chi connectivity index (χ1n) is 20.7. The zero-order chi connectivity index (χ0) is 41.0. The maximum atomic E-state index is 14.4. The highest BCUT2D eigenvalue weighted by molar-refractivity contribution is 6.10. The molecular formula is C57H40N2O2. The van der Waals surface area contributed by atoms with E-state index in [1.54, 1.807) is 0 Å². The predicted octanol–water partition coefficient (Wildman–Crippen LogP) is 12.8. The van der Waals surface area contributed by atoms with Crippen LogP contribution in [0.15, 0.2) is 224 Å². The van der Waals surface area contributed by atoms with Gasteiger partial charge in [0.15, 0.2) is 0 Å². The Hall–Kier alpha value is -7.63. The molecule has 1 aliphatic carbocycles. The number of H-pyrrole nitrogens is 1. The van der Waals surface area contributed by atoms with Gasteiger partial charge in [0, 0.05) is 33.4 Å². The summed E-state index contributed by atoms with van der Waals surface area (Å²) in [6.45, 7) is 0. The van der Waals surface area contributed by atoms with Crippen molar-refractivity contribution >= 4 is 10.8 Å². The van der Waals surface area contributed by atoms with Gasteiger partial charge in [-0.25, -0.2) is 4.98 Å². The van der Waals surface area contributed by atoms with Gasteiger partial charge in [0.2, 0.25) is 0 Å². The van der Waals surface area contributed by atoms with Crippen molar-refractivity contribution in [3.05, 3.63) is 258 Å². The van der Waals surface area contributed by atoms with Gasteiger partial charge in [0.05, 0.1) is 11.4 Å². The van der Waals surface area contributed by atoms with Crippen LogP contribution >= 0.6 is 0 Å². The Morgan fingerprint density at radius 3 is 1.23 bits per heavy atom. The van der Waals surface area contributed by atoms with Crippen molar-refractivity contribution in [3.63, 3.8) is 0 Å². The van der Waals surface area contributed by atoms with Crippen LogP contribution in [-0.2, 0) is 11.2 Å². The summed E-state index contributed by atoms with van der Waals surface area (Å²) in [4.78, 5) is 8.99. The summed E-state index contributed by atoms with van der Waals surface area (Å²) in [5, 5.41) is 30.7. The van der Waals surface area contributed by atoms with Crippen molar-refractivity contribution in [2.75, 3.05) is 0 Å². The molecule has 0 spiro atoms. The monoisotopic (exact) mass is 784 g/mol. The Balaban J connectivity index is 1.31. The zero-order valence-electron chi connectivity index (χ0n) is 33.2. The van der Waals surface area contributed by atoms with Crippen LogP contribution in [0.5, 0.6) is 0 Å². The summed E-state index contributed by atoms with van der Waals surface area (Å²) in [5.41, 5.74) is 8.43. The molecule has 10 aromatic rings. The third kappa shape index (κ3) is 5.72. The number of aromatic amines is 1. The van der Waals surface area contributed by atoms with Crippen molar-refractivity contribution in [2.45, 2.75) is 11.2 Å². The first-order valence-corrected chi connectivity index (χ1v) is 20.7. The largest absolute Gasteiger partial charge is 0.376 e. The molecule has 0 saturated heterocycles. The van der Waals surface area contributed by atoms with Gasteiger partial charge in [0.1, 0.15) is 17.0 Å². The molecule has 2 unspecified atom stereocenters. The molecule has 0 fully saturated rings. The van der Waals surface area contributed by atoms with Crippen LogP contribution in [-0.4, -0.2) is 20.2 Å². The molecule has 3 N–H and O–H groups in total. The summed E-state index contributed by atoms with van der Waals surface area (Å²) < 4.78 is 0. The number of aromatic nitrogens is 2. The van der Waals surface area contributed by atoms with Crippen molar-refractivity contribution in [2.24, 2.45) is 0 Å². The first-order chi connectivity index (χ1) is 30.0. The molecule has 4 heteroatoms. The summed E-state index contributed by atoms with van der Waals surface area (Å²) >= 11 is 0. The first kappa shape index (κ1) is 36.4. The standard InChI is InChI=1S/C57H40N2O2/c60-56(43-29-15-5-16-30-43)47-36-35-42(55-58-53(40-25-11-3-12-26-40)54(59-55)41-27-13-4-14-28-41)37-48(47)57(61,44-31-17-6-18-32-44)52-50(39-23-9-2-10-24-39)46-34-20-19-33-45(46)49(51(52)56)38-21-7-1-8-22-38/h1-37,60-61H,(H,58,59). The summed E-state index contributed by atoms with van der Waals surface area (Å²) in [6.07, 6.45) is 0. The lowest BCUT2D eigenvalue weighted by atomic mass is 9.59. The number of hydrogen-bond donors (Lipinski definition) is 3. The molecule has 1 aliphatic rings. The maximum Gasteiger partial charge on any atom is 0.142 e. The third-order valence-corrected chi connectivity index (χ3v) is 12.3. The average Bonchev–Trinajstić information content (AvgIpc) is 3.80. The molecule has 2 atom stereocenters. The maximum absolute atomic E-state index is 14.4. The van der Waals surface area contributed by atoms with Gasteiger partial charge in [-0.2, -0.15) is 0 Å². The SMILES string of the molecule is OC1(c2ccccc2)c2ccc(-c3nc(-c4ccccc4)c(-c4ccccc4)[nH]3)cc2C(O)(c2ccccc2)c2c1c(-c1ccccc1)c1ccccc1c2-c1ccccc1. The third-order valence-electron chi connectivity index (χ3n) is 12.3. The van der Waals surface area contributed by atoms with Crippen LogP contribution in [0.2, 0.25) is 0 Å².